The summed E-state index contributed by atoms with van der Waals surface area (Å²) in [5.41, 5.74) is 0.832. The molecular weight excluding hydrogens is 436 g/mol. The highest BCUT2D eigenvalue weighted by Crippen LogP contribution is 2.50. The summed E-state index contributed by atoms with van der Waals surface area (Å²) in [5, 5.41) is 7.14. The molecule has 1 spiro atoms. The Balaban J connectivity index is 1.67. The van der Waals surface area contributed by atoms with Gasteiger partial charge in [-0.1, -0.05) is 23.4 Å². The van der Waals surface area contributed by atoms with Crippen LogP contribution in [0.1, 0.15) is 21.5 Å². The van der Waals surface area contributed by atoms with Crippen molar-refractivity contribution in [3.8, 4) is 17.2 Å². The number of anilines is 1. The average Bonchev–Trinajstić information content (AvgIpc) is 3.42. The molecule has 0 unspecified atom stereocenters. The van der Waals surface area contributed by atoms with Crippen molar-refractivity contribution in [1.82, 2.24) is 0 Å². The summed E-state index contributed by atoms with van der Waals surface area (Å²) >= 11 is 0. The van der Waals surface area contributed by atoms with Crippen molar-refractivity contribution in [3.05, 3.63) is 83.4 Å². The van der Waals surface area contributed by atoms with Crippen LogP contribution in [-0.4, -0.2) is 38.7 Å². The molecule has 0 saturated carbocycles. The highest BCUT2D eigenvalue weighted by atomic mass is 16.7. The molecule has 2 aliphatic rings. The molecule has 0 fully saturated rings. The van der Waals surface area contributed by atoms with Crippen LogP contribution in [0.15, 0.2) is 71.9 Å². The van der Waals surface area contributed by atoms with Crippen LogP contribution in [-0.2, 0) is 15.2 Å². The highest BCUT2D eigenvalue weighted by Gasteiger charge is 2.63. The molecule has 0 bridgehead atoms. The first kappa shape index (κ1) is 21.5. The maximum absolute atomic E-state index is 14.0. The maximum atomic E-state index is 14.0. The molecule has 5 rings (SSSR count). The average molecular weight is 458 g/mol. The minimum atomic E-state index is -1.63. The number of carbonyl (C=O) groups excluding carboxylic acids is 2. The summed E-state index contributed by atoms with van der Waals surface area (Å²) in [7, 11) is 4.62. The van der Waals surface area contributed by atoms with Crippen LogP contribution < -0.4 is 19.5 Å². The molecule has 8 nitrogen and oxygen atoms in total. The second kappa shape index (κ2) is 8.22. The molecule has 34 heavy (non-hydrogen) atoms. The van der Waals surface area contributed by atoms with E-state index in [0.717, 1.165) is 0 Å². The highest BCUT2D eigenvalue weighted by molar-refractivity contribution is 6.24. The molecule has 8 heteroatoms. The summed E-state index contributed by atoms with van der Waals surface area (Å²) in [5.74, 6) is -0.173. The van der Waals surface area contributed by atoms with Gasteiger partial charge in [-0.05, 0) is 48.5 Å². The molecule has 3 aromatic carbocycles. The number of nitrogens with one attached hydrogen (secondary N) is 1. The zero-order chi connectivity index (χ0) is 23.9. The fourth-order valence-corrected chi connectivity index (χ4v) is 4.50. The molecule has 1 N–H and O–H groups in total. The Morgan fingerprint density at radius 3 is 2.38 bits per heavy atom. The van der Waals surface area contributed by atoms with Crippen molar-refractivity contribution in [3.63, 3.8) is 0 Å². The SMILES string of the molecule is COc1ccc(C(=O)[C@H]2C(c3ccc(OC)c(OC)c3)=NO[C@@]23C(=O)Nc2ccccc23)cc1. The Morgan fingerprint density at radius 1 is 0.941 bits per heavy atom. The lowest BCUT2D eigenvalue weighted by Gasteiger charge is -2.26. The number of amides is 1. The van der Waals surface area contributed by atoms with Gasteiger partial charge < -0.3 is 24.4 Å². The van der Waals surface area contributed by atoms with Gasteiger partial charge in [0.1, 0.15) is 17.4 Å². The van der Waals surface area contributed by atoms with Gasteiger partial charge in [0.2, 0.25) is 0 Å². The molecular formula is C26H22N2O6. The van der Waals surface area contributed by atoms with Gasteiger partial charge in [-0.3, -0.25) is 9.59 Å². The van der Waals surface area contributed by atoms with Crippen LogP contribution in [0.4, 0.5) is 5.69 Å². The molecule has 0 saturated heterocycles. The number of nitrogens with zero attached hydrogens (tertiary/aromatic N) is 1. The topological polar surface area (TPSA) is 95.5 Å². The van der Waals surface area contributed by atoms with Crippen molar-refractivity contribution in [2.45, 2.75) is 5.60 Å². The van der Waals surface area contributed by atoms with Crippen molar-refractivity contribution in [1.29, 1.82) is 0 Å². The molecule has 0 radical (unpaired) electrons. The molecule has 0 aromatic heterocycles. The van der Waals surface area contributed by atoms with Gasteiger partial charge in [0.15, 0.2) is 17.3 Å². The fourth-order valence-electron chi connectivity index (χ4n) is 4.50. The van der Waals surface area contributed by atoms with Gasteiger partial charge >= 0.3 is 0 Å². The lowest BCUT2D eigenvalue weighted by molar-refractivity contribution is -0.140. The summed E-state index contributed by atoms with van der Waals surface area (Å²) in [6, 6.07) is 19.1. The number of hydrogen-bond donors (Lipinski definition) is 1. The van der Waals surface area contributed by atoms with Crippen LogP contribution >= 0.6 is 0 Å². The third kappa shape index (κ3) is 3.10. The van der Waals surface area contributed by atoms with Gasteiger partial charge in [-0.25, -0.2) is 0 Å². The number of ether oxygens (including phenoxy) is 3. The zero-order valence-corrected chi connectivity index (χ0v) is 18.8. The number of benzene rings is 3. The van der Waals surface area contributed by atoms with E-state index >= 15 is 0 Å². The van der Waals surface area contributed by atoms with E-state index in [1.165, 1.54) is 7.11 Å². The third-order valence-electron chi connectivity index (χ3n) is 6.20. The number of oxime groups is 1. The molecule has 3 aromatic rings. The van der Waals surface area contributed by atoms with E-state index in [1.807, 2.05) is 6.07 Å². The second-order valence-corrected chi connectivity index (χ2v) is 7.90. The van der Waals surface area contributed by atoms with E-state index in [2.05, 4.69) is 10.5 Å². The summed E-state index contributed by atoms with van der Waals surface area (Å²) < 4.78 is 16.0. The molecule has 172 valence electrons. The Bertz CT molecular complexity index is 1320. The standard InChI is InChI=1S/C26H22N2O6/c1-31-17-11-8-15(9-12-17)24(29)22-23(16-10-13-20(32-2)21(14-16)33-3)28-34-26(22)18-6-4-5-7-19(18)27-25(26)30/h4-14,22H,1-3H3,(H,27,30)/t22-,26-/m1/s1. The quantitative estimate of drug-likeness (QED) is 0.565. The van der Waals surface area contributed by atoms with Crippen LogP contribution in [0.3, 0.4) is 0 Å². The van der Waals surface area contributed by atoms with E-state index in [4.69, 9.17) is 19.0 Å². The summed E-state index contributed by atoms with van der Waals surface area (Å²) in [6.45, 7) is 0. The predicted octanol–water partition coefficient (Wildman–Crippen LogP) is 3.79. The minimum Gasteiger partial charge on any atom is -0.497 e. The Labute approximate surface area is 196 Å². The number of methoxy groups -OCH3 is 3. The van der Waals surface area contributed by atoms with Crippen molar-refractivity contribution >= 4 is 23.1 Å². The largest absolute Gasteiger partial charge is 0.497 e. The Morgan fingerprint density at radius 2 is 1.68 bits per heavy atom. The molecule has 1 amide bonds. The summed E-state index contributed by atoms with van der Waals surface area (Å²) in [6.07, 6.45) is 0. The van der Waals surface area contributed by atoms with E-state index in [-0.39, 0.29) is 5.78 Å². The van der Waals surface area contributed by atoms with Crippen LogP contribution in [0.2, 0.25) is 0 Å². The number of Topliss-reactive ketones (excluding diaryl/α,β-unsaturated/α-hetero) is 1. The monoisotopic (exact) mass is 458 g/mol. The number of fused-ring (bicyclic) bond motifs is 2. The summed E-state index contributed by atoms with van der Waals surface area (Å²) in [4.78, 5) is 33.3. The number of rotatable bonds is 6. The second-order valence-electron chi connectivity index (χ2n) is 7.90. The van der Waals surface area contributed by atoms with Crippen molar-refractivity contribution in [2.75, 3.05) is 26.6 Å². The molecule has 0 aliphatic carbocycles. The Kier molecular flexibility index (Phi) is 5.20. The minimum absolute atomic E-state index is 0.305. The number of hydrogen-bond acceptors (Lipinski definition) is 7. The van der Waals surface area contributed by atoms with E-state index in [0.29, 0.717) is 45.3 Å². The smallest absolute Gasteiger partial charge is 0.277 e. The van der Waals surface area contributed by atoms with Crippen molar-refractivity contribution in [2.24, 2.45) is 11.1 Å². The van der Waals surface area contributed by atoms with Gasteiger partial charge in [0.05, 0.1) is 21.3 Å². The predicted molar refractivity (Wildman–Crippen MR) is 125 cm³/mol. The number of ketones is 1. The molecule has 2 aliphatic heterocycles. The zero-order valence-electron chi connectivity index (χ0n) is 18.8. The number of carbonyl (C=O) groups is 2. The molecule has 2 atom stereocenters. The first-order chi connectivity index (χ1) is 16.5. The van der Waals surface area contributed by atoms with Gasteiger partial charge in [0.25, 0.3) is 11.5 Å². The number of para-hydroxylation sites is 1. The van der Waals surface area contributed by atoms with E-state index in [1.54, 1.807) is 74.9 Å². The van der Waals surface area contributed by atoms with Gasteiger partial charge in [-0.2, -0.15) is 0 Å². The first-order valence-electron chi connectivity index (χ1n) is 10.6. The van der Waals surface area contributed by atoms with Gasteiger partial charge in [-0.15, -0.1) is 0 Å². The van der Waals surface area contributed by atoms with Crippen LogP contribution in [0, 0.1) is 5.92 Å². The van der Waals surface area contributed by atoms with Crippen molar-refractivity contribution < 1.29 is 28.6 Å². The molecule has 2 heterocycles. The van der Waals surface area contributed by atoms with Gasteiger partial charge in [0, 0.05) is 22.4 Å². The van der Waals surface area contributed by atoms with Crippen LogP contribution in [0.5, 0.6) is 17.2 Å². The lowest BCUT2D eigenvalue weighted by Crippen LogP contribution is -2.46. The third-order valence-corrected chi connectivity index (χ3v) is 6.20. The van der Waals surface area contributed by atoms with Crippen LogP contribution in [0.25, 0.3) is 0 Å². The maximum Gasteiger partial charge on any atom is 0.277 e. The van der Waals surface area contributed by atoms with E-state index < -0.39 is 17.4 Å². The van der Waals surface area contributed by atoms with E-state index in [9.17, 15) is 9.59 Å². The Hall–Kier alpha value is -4.33. The fraction of sp³-hybridized carbons (Fsp3) is 0.192. The lowest BCUT2D eigenvalue weighted by atomic mass is 9.74. The first-order valence-corrected chi connectivity index (χ1v) is 10.6. The normalized spacial score (nSPS) is 20.3.